The number of hydrogen-bond donors (Lipinski definition) is 2. The molecule has 2 N–H and O–H groups in total. The van der Waals surface area contributed by atoms with E-state index in [9.17, 15) is 9.59 Å². The molecule has 0 fully saturated rings. The molecule has 0 aliphatic rings. The number of anilines is 2. The van der Waals surface area contributed by atoms with E-state index in [1.54, 1.807) is 18.2 Å². The summed E-state index contributed by atoms with van der Waals surface area (Å²) in [5, 5.41) is 5.65. The first-order chi connectivity index (χ1) is 10.3. The first kappa shape index (κ1) is 16.0. The van der Waals surface area contributed by atoms with Crippen LogP contribution >= 0.6 is 11.6 Å². The lowest BCUT2D eigenvalue weighted by atomic mass is 10.1. The maximum absolute atomic E-state index is 12.0. The molecule has 2 amide bonds. The van der Waals surface area contributed by atoms with Gasteiger partial charge in [-0.15, -0.1) is 0 Å². The fraction of sp³-hybridized carbons (Fsp3) is 0.176. The first-order valence-corrected chi connectivity index (χ1v) is 7.20. The average Bonchev–Trinajstić information content (AvgIpc) is 2.41. The summed E-state index contributed by atoms with van der Waals surface area (Å²) in [7, 11) is 0. The monoisotopic (exact) mass is 316 g/mol. The number of rotatable bonds is 2. The van der Waals surface area contributed by atoms with Crippen molar-refractivity contribution in [2.45, 2.75) is 20.8 Å². The number of carbonyl (C=O) groups is 2. The molecule has 0 atom stereocenters. The van der Waals surface area contributed by atoms with Crippen LogP contribution in [-0.4, -0.2) is 11.8 Å². The number of amides is 2. The van der Waals surface area contributed by atoms with Crippen LogP contribution in [0.2, 0.25) is 5.02 Å². The van der Waals surface area contributed by atoms with E-state index in [0.717, 1.165) is 16.7 Å². The van der Waals surface area contributed by atoms with Crippen molar-refractivity contribution < 1.29 is 9.59 Å². The van der Waals surface area contributed by atoms with Crippen LogP contribution in [0.15, 0.2) is 36.4 Å². The van der Waals surface area contributed by atoms with Crippen LogP contribution in [0, 0.1) is 20.8 Å². The van der Waals surface area contributed by atoms with Crippen LogP contribution in [0.25, 0.3) is 0 Å². The summed E-state index contributed by atoms with van der Waals surface area (Å²) in [6, 6.07) is 10.7. The van der Waals surface area contributed by atoms with Crippen LogP contribution in [0.4, 0.5) is 11.4 Å². The molecule has 0 bridgehead atoms. The Morgan fingerprint density at radius 3 is 2.09 bits per heavy atom. The van der Waals surface area contributed by atoms with Gasteiger partial charge in [0, 0.05) is 16.4 Å². The van der Waals surface area contributed by atoms with Crippen molar-refractivity contribution in [1.29, 1.82) is 0 Å². The molecule has 0 aliphatic carbocycles. The Balaban J connectivity index is 2.09. The van der Waals surface area contributed by atoms with Gasteiger partial charge in [0.25, 0.3) is 0 Å². The molecule has 0 aliphatic heterocycles. The Morgan fingerprint density at radius 2 is 1.45 bits per heavy atom. The molecule has 0 aromatic heterocycles. The molecule has 2 aromatic carbocycles. The zero-order valence-corrected chi connectivity index (χ0v) is 13.4. The Kier molecular flexibility index (Phi) is 4.83. The predicted molar refractivity (Wildman–Crippen MR) is 89.4 cm³/mol. The summed E-state index contributed by atoms with van der Waals surface area (Å²) in [5.41, 5.74) is 3.98. The second kappa shape index (κ2) is 6.62. The van der Waals surface area contributed by atoms with Gasteiger partial charge in [-0.2, -0.15) is 0 Å². The predicted octanol–water partition coefficient (Wildman–Crippen LogP) is 3.84. The quantitative estimate of drug-likeness (QED) is 0.827. The maximum atomic E-state index is 12.0. The third-order valence-electron chi connectivity index (χ3n) is 3.13. The zero-order chi connectivity index (χ0) is 16.3. The van der Waals surface area contributed by atoms with E-state index in [1.807, 2.05) is 39.0 Å². The van der Waals surface area contributed by atoms with Gasteiger partial charge in [-0.05, 0) is 61.7 Å². The Morgan fingerprint density at radius 1 is 0.864 bits per heavy atom. The standard InChI is InChI=1S/C17H17ClN2O2/c1-10-6-11(2)8-14(7-10)19-16(21)17(22)20-15-9-13(18)5-4-12(15)3/h4-9H,1-3H3,(H,19,21)(H,20,22). The molecule has 0 saturated heterocycles. The largest absolute Gasteiger partial charge is 0.318 e. The zero-order valence-electron chi connectivity index (χ0n) is 12.7. The summed E-state index contributed by atoms with van der Waals surface area (Å²) in [6.07, 6.45) is 0. The van der Waals surface area contributed by atoms with Crippen molar-refractivity contribution in [1.82, 2.24) is 0 Å². The van der Waals surface area contributed by atoms with Crippen LogP contribution in [0.1, 0.15) is 16.7 Å². The highest BCUT2D eigenvalue weighted by molar-refractivity contribution is 6.43. The lowest BCUT2D eigenvalue weighted by Crippen LogP contribution is -2.29. The Bertz CT molecular complexity index is 721. The highest BCUT2D eigenvalue weighted by atomic mass is 35.5. The van der Waals surface area contributed by atoms with E-state index in [4.69, 9.17) is 11.6 Å². The van der Waals surface area contributed by atoms with Crippen LogP contribution in [0.3, 0.4) is 0 Å². The molecule has 114 valence electrons. The summed E-state index contributed by atoms with van der Waals surface area (Å²) in [4.78, 5) is 24.0. The van der Waals surface area contributed by atoms with Gasteiger partial charge in [-0.3, -0.25) is 9.59 Å². The summed E-state index contributed by atoms with van der Waals surface area (Å²) < 4.78 is 0. The number of hydrogen-bond acceptors (Lipinski definition) is 2. The van der Waals surface area contributed by atoms with Gasteiger partial charge >= 0.3 is 11.8 Å². The van der Waals surface area contributed by atoms with Gasteiger partial charge < -0.3 is 10.6 Å². The first-order valence-electron chi connectivity index (χ1n) is 6.82. The molecular formula is C17H17ClN2O2. The molecule has 0 spiro atoms. The van der Waals surface area contributed by atoms with Crippen molar-refractivity contribution in [2.75, 3.05) is 10.6 Å². The highest BCUT2D eigenvalue weighted by Crippen LogP contribution is 2.20. The second-order valence-corrected chi connectivity index (χ2v) is 5.68. The SMILES string of the molecule is Cc1cc(C)cc(NC(=O)C(=O)Nc2cc(Cl)ccc2C)c1. The minimum absolute atomic E-state index is 0.496. The lowest BCUT2D eigenvalue weighted by Gasteiger charge is -2.10. The third-order valence-corrected chi connectivity index (χ3v) is 3.37. The van der Waals surface area contributed by atoms with E-state index < -0.39 is 11.8 Å². The molecule has 2 rings (SSSR count). The van der Waals surface area contributed by atoms with Crippen LogP contribution < -0.4 is 10.6 Å². The van der Waals surface area contributed by atoms with Crippen molar-refractivity contribution in [3.05, 3.63) is 58.1 Å². The van der Waals surface area contributed by atoms with Crippen molar-refractivity contribution >= 4 is 34.8 Å². The van der Waals surface area contributed by atoms with E-state index in [0.29, 0.717) is 16.4 Å². The van der Waals surface area contributed by atoms with Gasteiger partial charge in [0.05, 0.1) is 0 Å². The fourth-order valence-electron chi connectivity index (χ4n) is 2.14. The summed E-state index contributed by atoms with van der Waals surface area (Å²) >= 11 is 5.89. The normalized spacial score (nSPS) is 10.2. The molecule has 2 aromatic rings. The van der Waals surface area contributed by atoms with Crippen molar-refractivity contribution in [3.63, 3.8) is 0 Å². The molecule has 22 heavy (non-hydrogen) atoms. The molecule has 0 unspecified atom stereocenters. The maximum Gasteiger partial charge on any atom is 0.314 e. The fourth-order valence-corrected chi connectivity index (χ4v) is 2.31. The summed E-state index contributed by atoms with van der Waals surface area (Å²) in [5.74, 6) is -1.45. The van der Waals surface area contributed by atoms with E-state index in [-0.39, 0.29) is 0 Å². The van der Waals surface area contributed by atoms with E-state index >= 15 is 0 Å². The lowest BCUT2D eigenvalue weighted by molar-refractivity contribution is -0.133. The van der Waals surface area contributed by atoms with Gasteiger partial charge in [-0.25, -0.2) is 0 Å². The van der Waals surface area contributed by atoms with Gasteiger partial charge in [-0.1, -0.05) is 23.7 Å². The van der Waals surface area contributed by atoms with Crippen LogP contribution in [0.5, 0.6) is 0 Å². The minimum atomic E-state index is -0.732. The smallest absolute Gasteiger partial charge is 0.314 e. The number of nitrogens with one attached hydrogen (secondary N) is 2. The molecule has 0 heterocycles. The number of aryl methyl sites for hydroxylation is 3. The minimum Gasteiger partial charge on any atom is -0.318 e. The van der Waals surface area contributed by atoms with Gasteiger partial charge in [0.1, 0.15) is 0 Å². The van der Waals surface area contributed by atoms with Gasteiger partial charge in [0.2, 0.25) is 0 Å². The number of benzene rings is 2. The highest BCUT2D eigenvalue weighted by Gasteiger charge is 2.15. The van der Waals surface area contributed by atoms with Crippen LogP contribution in [-0.2, 0) is 9.59 Å². The molecular weight excluding hydrogens is 300 g/mol. The van der Waals surface area contributed by atoms with Gasteiger partial charge in [0.15, 0.2) is 0 Å². The average molecular weight is 317 g/mol. The van der Waals surface area contributed by atoms with Crippen molar-refractivity contribution in [3.8, 4) is 0 Å². The number of carbonyl (C=O) groups excluding carboxylic acids is 2. The Labute approximate surface area is 134 Å². The second-order valence-electron chi connectivity index (χ2n) is 5.24. The third kappa shape index (κ3) is 4.09. The molecule has 0 saturated carbocycles. The molecule has 4 nitrogen and oxygen atoms in total. The van der Waals surface area contributed by atoms with E-state index in [2.05, 4.69) is 10.6 Å². The topological polar surface area (TPSA) is 58.2 Å². The van der Waals surface area contributed by atoms with E-state index in [1.165, 1.54) is 0 Å². The van der Waals surface area contributed by atoms with Crippen molar-refractivity contribution in [2.24, 2.45) is 0 Å². The molecule has 5 heteroatoms. The Hall–Kier alpha value is -2.33. The number of halogens is 1. The molecule has 0 radical (unpaired) electrons. The summed E-state index contributed by atoms with van der Waals surface area (Å²) in [6.45, 7) is 5.68.